The summed E-state index contributed by atoms with van der Waals surface area (Å²) in [6, 6.07) is 54.5. The number of rotatable bonds is 9. The number of non-ortho nitro benzene ring substituents is 1. The Morgan fingerprint density at radius 1 is 0.489 bits per heavy atom. The molecular weight excluding hydrogens is 577 g/mol. The Morgan fingerprint density at radius 3 is 1.29 bits per heavy atom. The Labute approximate surface area is 261 Å². The highest BCUT2D eigenvalue weighted by molar-refractivity contribution is 7.80. The van der Waals surface area contributed by atoms with Crippen LogP contribution in [0.5, 0.6) is 0 Å². The molecule has 0 aliphatic heterocycles. The van der Waals surface area contributed by atoms with Gasteiger partial charge in [-0.15, -0.1) is 0 Å². The Bertz CT molecular complexity index is 1910. The maximum absolute atomic E-state index is 10.9. The molecule has 6 aromatic carbocycles. The molecule has 8 heteroatoms. The van der Waals surface area contributed by atoms with Crippen molar-refractivity contribution in [1.29, 1.82) is 0 Å². The third kappa shape index (κ3) is 6.90. The average molecular weight is 606 g/mol. The van der Waals surface area contributed by atoms with Gasteiger partial charge in [0.1, 0.15) is 7.21 Å². The molecule has 0 saturated heterocycles. The van der Waals surface area contributed by atoms with Crippen LogP contribution in [0.25, 0.3) is 0 Å². The fourth-order valence-electron chi connectivity index (χ4n) is 4.80. The van der Waals surface area contributed by atoms with E-state index in [1.54, 1.807) is 12.1 Å². The van der Waals surface area contributed by atoms with Gasteiger partial charge in [-0.05, 0) is 36.4 Å². The van der Waals surface area contributed by atoms with E-state index in [1.807, 2.05) is 97.1 Å². The van der Waals surface area contributed by atoms with E-state index < -0.39 is 12.1 Å². The maximum atomic E-state index is 10.9. The molecular formula is C37H28N5O2P. The van der Waals surface area contributed by atoms with E-state index in [1.165, 1.54) is 12.1 Å². The number of nitrogens with zero attached hydrogens (tertiary/aromatic N) is 5. The molecule has 0 bridgehead atoms. The van der Waals surface area contributed by atoms with Crippen molar-refractivity contribution >= 4 is 46.3 Å². The fraction of sp³-hybridized carbons (Fsp3) is 0. The summed E-state index contributed by atoms with van der Waals surface area (Å²) in [7, 11) is -2.80. The summed E-state index contributed by atoms with van der Waals surface area (Å²) in [4.78, 5) is 10.5. The highest BCUT2D eigenvalue weighted by atomic mass is 31.2. The van der Waals surface area contributed by atoms with E-state index in [9.17, 15) is 10.1 Å². The van der Waals surface area contributed by atoms with Gasteiger partial charge in [-0.25, -0.2) is 9.51 Å². The van der Waals surface area contributed by atoms with Crippen LogP contribution in [0, 0.1) is 10.1 Å². The van der Waals surface area contributed by atoms with Crippen molar-refractivity contribution in [2.24, 2.45) is 19.7 Å². The van der Waals surface area contributed by atoms with Gasteiger partial charge in [0.15, 0.2) is 0 Å². The Hall–Kier alpha value is -5.78. The van der Waals surface area contributed by atoms with Crippen LogP contribution in [-0.4, -0.2) is 10.6 Å². The maximum Gasteiger partial charge on any atom is 0.269 e. The van der Waals surface area contributed by atoms with Gasteiger partial charge in [-0.1, -0.05) is 121 Å². The van der Waals surface area contributed by atoms with Crippen LogP contribution in [0.2, 0.25) is 0 Å². The zero-order chi connectivity index (χ0) is 30.9. The molecule has 0 aromatic heterocycles. The van der Waals surface area contributed by atoms with E-state index in [2.05, 4.69) is 58.8 Å². The summed E-state index contributed by atoms with van der Waals surface area (Å²) in [5.41, 5.74) is 4.82. The van der Waals surface area contributed by atoms with Crippen molar-refractivity contribution in [3.8, 4) is 0 Å². The lowest BCUT2D eigenvalue weighted by molar-refractivity contribution is -0.384. The summed E-state index contributed by atoms with van der Waals surface area (Å²) in [6.07, 6.45) is 0. The molecule has 0 heterocycles. The van der Waals surface area contributed by atoms with E-state index in [0.717, 1.165) is 33.1 Å². The van der Waals surface area contributed by atoms with Gasteiger partial charge < -0.3 is 0 Å². The smallest absolute Gasteiger partial charge is 0.258 e. The van der Waals surface area contributed by atoms with E-state index in [-0.39, 0.29) is 5.69 Å². The Balaban J connectivity index is 1.51. The van der Waals surface area contributed by atoms with Crippen LogP contribution in [0.3, 0.4) is 0 Å². The second kappa shape index (κ2) is 13.7. The molecule has 0 radical (unpaired) electrons. The lowest BCUT2D eigenvalue weighted by atomic mass is 10.0. The van der Waals surface area contributed by atoms with Gasteiger partial charge in [0, 0.05) is 33.9 Å². The zero-order valence-corrected chi connectivity index (χ0v) is 25.1. The number of nitro groups is 1. The summed E-state index contributed by atoms with van der Waals surface area (Å²) in [5, 5.41) is 21.6. The molecule has 0 atom stereocenters. The van der Waals surface area contributed by atoms with Crippen molar-refractivity contribution in [3.05, 3.63) is 191 Å². The molecule has 0 fully saturated rings. The van der Waals surface area contributed by atoms with Gasteiger partial charge in [0.05, 0.1) is 27.7 Å². The molecule has 0 unspecified atom stereocenters. The topological polar surface area (TPSA) is 92.6 Å². The molecule has 0 aliphatic carbocycles. The minimum atomic E-state index is -2.80. The Morgan fingerprint density at radius 2 is 0.867 bits per heavy atom. The molecule has 7 nitrogen and oxygen atoms in total. The first-order valence-electron chi connectivity index (χ1n) is 14.3. The Kier molecular flexibility index (Phi) is 8.90. The number of benzene rings is 6. The first kappa shape index (κ1) is 29.3. The molecule has 45 heavy (non-hydrogen) atoms. The van der Waals surface area contributed by atoms with Gasteiger partial charge in [-0.3, -0.25) is 10.1 Å². The van der Waals surface area contributed by atoms with Gasteiger partial charge in [0.2, 0.25) is 0 Å². The monoisotopic (exact) mass is 605 g/mol. The number of azo groups is 1. The van der Waals surface area contributed by atoms with Crippen LogP contribution in [0.15, 0.2) is 190 Å². The molecule has 0 saturated carbocycles. The molecule has 6 aromatic rings. The minimum Gasteiger partial charge on any atom is -0.258 e. The summed E-state index contributed by atoms with van der Waals surface area (Å²) in [5.74, 6) is 0. The van der Waals surface area contributed by atoms with Crippen LogP contribution in [0.4, 0.5) is 22.7 Å². The SMILES string of the molecule is O=[N+]([O-])c1ccc(N=Nc2ccc(N=P(N=C(c3ccccc3)c3ccccc3)(c3ccccc3)c3ccccc3)cc2)cc1. The number of nitro benzene ring substituents is 1. The van der Waals surface area contributed by atoms with E-state index >= 15 is 0 Å². The third-order valence-corrected chi connectivity index (χ3v) is 10.1. The van der Waals surface area contributed by atoms with Crippen molar-refractivity contribution in [1.82, 2.24) is 0 Å². The molecule has 6 rings (SSSR count). The predicted octanol–water partition coefficient (Wildman–Crippen LogP) is 9.95. The highest BCUT2D eigenvalue weighted by Gasteiger charge is 2.26. The normalized spacial score (nSPS) is 11.2. The van der Waals surface area contributed by atoms with Gasteiger partial charge in [0.25, 0.3) is 5.69 Å². The van der Waals surface area contributed by atoms with Crippen molar-refractivity contribution in [2.45, 2.75) is 0 Å². The standard InChI is InChI=1S/C37H28N5O2P/c43-42(44)34-27-25-32(26-28-34)39-38-31-21-23-33(24-22-31)40-45(35-17-9-3-10-18-35,36-19-11-4-12-20-36)41-37(29-13-5-1-6-14-29)30-15-7-2-8-16-30/h1-28H. The fourth-order valence-corrected chi connectivity index (χ4v) is 7.77. The van der Waals surface area contributed by atoms with Crippen molar-refractivity contribution in [2.75, 3.05) is 0 Å². The number of hydrogen-bond donors (Lipinski definition) is 0. The summed E-state index contributed by atoms with van der Waals surface area (Å²) < 4.78 is 11.2. The molecule has 0 N–H and O–H groups in total. The third-order valence-electron chi connectivity index (χ3n) is 7.02. The molecule has 0 spiro atoms. The second-order valence-corrected chi connectivity index (χ2v) is 12.7. The predicted molar refractivity (Wildman–Crippen MR) is 183 cm³/mol. The van der Waals surface area contributed by atoms with Gasteiger partial charge in [-0.2, -0.15) is 10.2 Å². The second-order valence-electron chi connectivity index (χ2n) is 10.0. The van der Waals surface area contributed by atoms with Crippen LogP contribution < -0.4 is 10.6 Å². The molecule has 0 amide bonds. The van der Waals surface area contributed by atoms with Crippen molar-refractivity contribution < 1.29 is 4.92 Å². The van der Waals surface area contributed by atoms with E-state index in [0.29, 0.717) is 11.4 Å². The van der Waals surface area contributed by atoms with Crippen LogP contribution >= 0.6 is 7.21 Å². The minimum absolute atomic E-state index is 0.00825. The quantitative estimate of drug-likeness (QED) is 0.0539. The van der Waals surface area contributed by atoms with Gasteiger partial charge >= 0.3 is 0 Å². The number of hydrogen-bond acceptors (Lipinski definition) is 5. The summed E-state index contributed by atoms with van der Waals surface area (Å²) in [6.45, 7) is 0. The molecule has 0 aliphatic rings. The van der Waals surface area contributed by atoms with Crippen LogP contribution in [-0.2, 0) is 0 Å². The largest absolute Gasteiger partial charge is 0.269 e. The molecule has 218 valence electrons. The first-order chi connectivity index (χ1) is 22.1. The van der Waals surface area contributed by atoms with Crippen molar-refractivity contribution in [3.63, 3.8) is 0 Å². The summed E-state index contributed by atoms with van der Waals surface area (Å²) >= 11 is 0. The zero-order valence-electron chi connectivity index (χ0n) is 24.2. The average Bonchev–Trinajstić information content (AvgIpc) is 3.11. The van der Waals surface area contributed by atoms with E-state index in [4.69, 9.17) is 9.51 Å². The highest BCUT2D eigenvalue weighted by Crippen LogP contribution is 2.52. The first-order valence-corrected chi connectivity index (χ1v) is 16.0. The lowest BCUT2D eigenvalue weighted by Crippen LogP contribution is -2.17. The van der Waals surface area contributed by atoms with Crippen LogP contribution in [0.1, 0.15) is 11.1 Å². The lowest BCUT2D eigenvalue weighted by Gasteiger charge is -2.24.